The first-order valence-electron chi connectivity index (χ1n) is 8.86. The number of sulfonamides is 1. The number of para-hydroxylation sites is 1. The van der Waals surface area contributed by atoms with Gasteiger partial charge in [-0.2, -0.15) is 5.10 Å². The second-order valence-electron chi connectivity index (χ2n) is 6.20. The van der Waals surface area contributed by atoms with Crippen LogP contribution in [-0.4, -0.2) is 38.9 Å². The first kappa shape index (κ1) is 21.4. The smallest absolute Gasteiger partial charge is 0.263 e. The lowest BCUT2D eigenvalue weighted by atomic mass is 10.1. The van der Waals surface area contributed by atoms with Crippen molar-refractivity contribution in [3.05, 3.63) is 60.2 Å². The third-order valence-corrected chi connectivity index (χ3v) is 5.26. The number of hydrogen-bond acceptors (Lipinski definition) is 5. The minimum absolute atomic E-state index is 0.417. The maximum Gasteiger partial charge on any atom is 0.263 e. The second kappa shape index (κ2) is 9.36. The lowest BCUT2D eigenvalue weighted by molar-refractivity contribution is -0.121. The van der Waals surface area contributed by atoms with E-state index in [0.717, 1.165) is 21.9 Å². The minimum Gasteiger partial charge on any atom is -0.494 e. The summed E-state index contributed by atoms with van der Waals surface area (Å²) in [5, 5.41) is 4.10. The summed E-state index contributed by atoms with van der Waals surface area (Å²) in [6, 6.07) is 14.8. The van der Waals surface area contributed by atoms with E-state index in [1.165, 1.54) is 6.92 Å². The van der Waals surface area contributed by atoms with Gasteiger partial charge in [0.2, 0.25) is 10.0 Å². The van der Waals surface area contributed by atoms with Crippen LogP contribution in [0.5, 0.6) is 5.75 Å². The molecule has 0 heterocycles. The normalized spacial score (nSPS) is 12.9. The Labute approximate surface area is 166 Å². The van der Waals surface area contributed by atoms with Gasteiger partial charge >= 0.3 is 0 Å². The Morgan fingerprint density at radius 3 is 2.29 bits per heavy atom. The first-order chi connectivity index (χ1) is 13.2. The van der Waals surface area contributed by atoms with Crippen molar-refractivity contribution < 1.29 is 17.9 Å². The van der Waals surface area contributed by atoms with Crippen LogP contribution in [-0.2, 0) is 14.8 Å². The first-order valence-corrected chi connectivity index (χ1v) is 10.7. The van der Waals surface area contributed by atoms with Crippen LogP contribution in [0.3, 0.4) is 0 Å². The highest BCUT2D eigenvalue weighted by Crippen LogP contribution is 2.20. The topological polar surface area (TPSA) is 88.1 Å². The van der Waals surface area contributed by atoms with Gasteiger partial charge in [0, 0.05) is 0 Å². The highest BCUT2D eigenvalue weighted by atomic mass is 32.2. The molecule has 0 radical (unpaired) electrons. The van der Waals surface area contributed by atoms with Crippen molar-refractivity contribution >= 4 is 27.3 Å². The van der Waals surface area contributed by atoms with Gasteiger partial charge in [-0.3, -0.25) is 9.10 Å². The predicted octanol–water partition coefficient (Wildman–Crippen LogP) is 2.78. The molecule has 0 spiro atoms. The van der Waals surface area contributed by atoms with E-state index in [-0.39, 0.29) is 0 Å². The molecule has 1 amide bonds. The predicted molar refractivity (Wildman–Crippen MR) is 111 cm³/mol. The number of carbonyl (C=O) groups is 1. The zero-order valence-electron chi connectivity index (χ0n) is 16.4. The highest BCUT2D eigenvalue weighted by Gasteiger charge is 2.28. The molecule has 8 heteroatoms. The average Bonchev–Trinajstić information content (AvgIpc) is 2.66. The molecular formula is C20H25N3O4S. The van der Waals surface area contributed by atoms with Gasteiger partial charge < -0.3 is 4.74 Å². The summed E-state index contributed by atoms with van der Waals surface area (Å²) in [5.41, 5.74) is 4.28. The van der Waals surface area contributed by atoms with Gasteiger partial charge in [0.05, 0.1) is 24.3 Å². The van der Waals surface area contributed by atoms with Crippen LogP contribution in [0.25, 0.3) is 0 Å². The Bertz CT molecular complexity index is 926. The van der Waals surface area contributed by atoms with Gasteiger partial charge in [0.15, 0.2) is 0 Å². The van der Waals surface area contributed by atoms with Crippen LogP contribution in [0.1, 0.15) is 26.3 Å². The molecule has 2 aromatic rings. The number of hydrogen-bond donors (Lipinski definition) is 1. The monoisotopic (exact) mass is 403 g/mol. The fraction of sp³-hybridized carbons (Fsp3) is 0.300. The van der Waals surface area contributed by atoms with Crippen LogP contribution in [0.4, 0.5) is 5.69 Å². The number of carbonyl (C=O) groups excluding carboxylic acids is 1. The summed E-state index contributed by atoms with van der Waals surface area (Å²) in [5.74, 6) is 0.225. The van der Waals surface area contributed by atoms with E-state index in [0.29, 0.717) is 18.0 Å². The van der Waals surface area contributed by atoms with Gasteiger partial charge in [-0.15, -0.1) is 0 Å². The maximum absolute atomic E-state index is 12.5. The van der Waals surface area contributed by atoms with E-state index in [1.807, 2.05) is 31.2 Å². The van der Waals surface area contributed by atoms with Crippen LogP contribution >= 0.6 is 0 Å². The quantitative estimate of drug-likeness (QED) is 0.542. The number of anilines is 1. The Kier molecular flexibility index (Phi) is 7.17. The number of nitrogens with one attached hydrogen (secondary N) is 1. The second-order valence-corrected chi connectivity index (χ2v) is 8.06. The van der Waals surface area contributed by atoms with Crippen molar-refractivity contribution in [3.63, 3.8) is 0 Å². The summed E-state index contributed by atoms with van der Waals surface area (Å²) in [6.45, 7) is 5.77. The molecule has 28 heavy (non-hydrogen) atoms. The molecule has 2 aromatic carbocycles. The standard InChI is InChI=1S/C20H25N3O4S/c1-5-27-19-13-11-17(12-14-19)15(2)21-22-20(24)16(3)23(28(4,25)26)18-9-7-6-8-10-18/h6-14,16H,5H2,1-4H3,(H,22,24)/b21-15-/t16-/m0/s1. The lowest BCUT2D eigenvalue weighted by Crippen LogP contribution is -2.46. The van der Waals surface area contributed by atoms with Crippen LogP contribution in [0.15, 0.2) is 59.7 Å². The summed E-state index contributed by atoms with van der Waals surface area (Å²) in [7, 11) is -3.65. The van der Waals surface area contributed by atoms with Crippen molar-refractivity contribution in [2.24, 2.45) is 5.10 Å². The molecule has 0 aliphatic rings. The number of nitrogens with zero attached hydrogens (tertiary/aromatic N) is 2. The van der Waals surface area contributed by atoms with Gasteiger partial charge in [0.25, 0.3) is 5.91 Å². The molecule has 0 aromatic heterocycles. The molecule has 150 valence electrons. The Morgan fingerprint density at radius 2 is 1.75 bits per heavy atom. The van der Waals surface area contributed by atoms with E-state index in [2.05, 4.69) is 10.5 Å². The van der Waals surface area contributed by atoms with Gasteiger partial charge in [-0.1, -0.05) is 18.2 Å². The molecule has 1 atom stereocenters. The zero-order valence-corrected chi connectivity index (χ0v) is 17.2. The highest BCUT2D eigenvalue weighted by molar-refractivity contribution is 7.92. The van der Waals surface area contributed by atoms with Crippen molar-refractivity contribution in [2.45, 2.75) is 26.8 Å². The molecule has 1 N–H and O–H groups in total. The molecule has 0 unspecified atom stereocenters. The van der Waals surface area contributed by atoms with Gasteiger partial charge in [0.1, 0.15) is 11.8 Å². The summed E-state index contributed by atoms with van der Waals surface area (Å²) < 4.78 is 30.9. The SMILES string of the molecule is CCOc1ccc(/C(C)=N\NC(=O)[C@H](C)N(c2ccccc2)S(C)(=O)=O)cc1. The molecule has 0 bridgehead atoms. The van der Waals surface area contributed by atoms with E-state index in [4.69, 9.17) is 4.74 Å². The zero-order chi connectivity index (χ0) is 20.7. The summed E-state index contributed by atoms with van der Waals surface area (Å²) >= 11 is 0. The average molecular weight is 404 g/mol. The molecule has 7 nitrogen and oxygen atoms in total. The van der Waals surface area contributed by atoms with E-state index < -0.39 is 22.0 Å². The van der Waals surface area contributed by atoms with Crippen molar-refractivity contribution in [2.75, 3.05) is 17.2 Å². The maximum atomic E-state index is 12.5. The van der Waals surface area contributed by atoms with E-state index >= 15 is 0 Å². The van der Waals surface area contributed by atoms with E-state index in [9.17, 15) is 13.2 Å². The number of hydrazone groups is 1. The molecule has 0 aliphatic carbocycles. The van der Waals surface area contributed by atoms with Crippen molar-refractivity contribution in [3.8, 4) is 5.75 Å². The van der Waals surface area contributed by atoms with Crippen LogP contribution in [0, 0.1) is 0 Å². The molecule has 0 fully saturated rings. The fourth-order valence-electron chi connectivity index (χ4n) is 2.64. The van der Waals surface area contributed by atoms with Crippen molar-refractivity contribution in [1.82, 2.24) is 5.43 Å². The van der Waals surface area contributed by atoms with Crippen LogP contribution in [0.2, 0.25) is 0 Å². The minimum atomic E-state index is -3.65. The Balaban J connectivity index is 2.14. The van der Waals surface area contributed by atoms with Crippen LogP contribution < -0.4 is 14.5 Å². The molecule has 0 saturated carbocycles. The molecule has 0 saturated heterocycles. The molecular weight excluding hydrogens is 378 g/mol. The van der Waals surface area contributed by atoms with Gasteiger partial charge in [-0.05, 0) is 62.7 Å². The fourth-order valence-corrected chi connectivity index (χ4v) is 3.81. The lowest BCUT2D eigenvalue weighted by Gasteiger charge is -2.27. The Morgan fingerprint density at radius 1 is 1.14 bits per heavy atom. The number of amides is 1. The van der Waals surface area contributed by atoms with Crippen molar-refractivity contribution in [1.29, 1.82) is 0 Å². The summed E-state index contributed by atoms with van der Waals surface area (Å²) in [4.78, 5) is 12.5. The summed E-state index contributed by atoms with van der Waals surface area (Å²) in [6.07, 6.45) is 1.07. The third-order valence-electron chi connectivity index (χ3n) is 4.02. The number of ether oxygens (including phenoxy) is 1. The third kappa shape index (κ3) is 5.56. The Hall–Kier alpha value is -2.87. The number of benzene rings is 2. The number of rotatable bonds is 8. The molecule has 0 aliphatic heterocycles. The van der Waals surface area contributed by atoms with E-state index in [1.54, 1.807) is 37.3 Å². The largest absolute Gasteiger partial charge is 0.494 e. The van der Waals surface area contributed by atoms with Gasteiger partial charge in [-0.25, -0.2) is 13.8 Å². The molecule has 2 rings (SSSR count).